The van der Waals surface area contributed by atoms with Crippen LogP contribution in [0.15, 0.2) is 82.6 Å². The maximum atomic E-state index is 12.8. The lowest BCUT2D eigenvalue weighted by atomic mass is 10.1. The fourth-order valence-corrected chi connectivity index (χ4v) is 4.06. The number of nitrogens with zero attached hydrogens (tertiary/aromatic N) is 1. The molecule has 3 aromatic carbocycles. The Balaban J connectivity index is 1.59. The molecule has 3 aromatic rings. The minimum atomic E-state index is -0.154. The van der Waals surface area contributed by atoms with Crippen LogP contribution in [0.25, 0.3) is 0 Å². The van der Waals surface area contributed by atoms with E-state index in [0.29, 0.717) is 23.4 Å². The first-order valence-corrected chi connectivity index (χ1v) is 9.45. The molecule has 0 saturated heterocycles. The molecule has 4 rings (SSSR count). The second-order valence-corrected chi connectivity index (χ2v) is 7.49. The summed E-state index contributed by atoms with van der Waals surface area (Å²) in [7, 11) is 1.78. The molecule has 0 spiro atoms. The molecule has 27 heavy (non-hydrogen) atoms. The maximum absolute atomic E-state index is 12.8. The van der Waals surface area contributed by atoms with Crippen LogP contribution in [-0.2, 0) is 6.54 Å². The van der Waals surface area contributed by atoms with E-state index >= 15 is 0 Å². The highest BCUT2D eigenvalue weighted by Gasteiger charge is 2.21. The fourth-order valence-electron chi connectivity index (χ4n) is 3.05. The van der Waals surface area contributed by atoms with E-state index in [-0.39, 0.29) is 11.8 Å². The Hall–Kier alpha value is -3.05. The molecular formula is C22H18N2O2S. The largest absolute Gasteiger partial charge is 0.337 e. The zero-order valence-electron chi connectivity index (χ0n) is 14.8. The SMILES string of the molecule is CN(Cc1ccccc1)C(=O)c1ccc2c(c1)NC(=O)c1ccccc1S2. The number of fused-ring (bicyclic) bond motifs is 2. The smallest absolute Gasteiger partial charge is 0.256 e. The summed E-state index contributed by atoms with van der Waals surface area (Å²) in [5.74, 6) is -0.234. The Bertz CT molecular complexity index is 1020. The van der Waals surface area contributed by atoms with Crippen LogP contribution in [0.5, 0.6) is 0 Å². The Morgan fingerprint density at radius 2 is 1.70 bits per heavy atom. The average Bonchev–Trinajstić information content (AvgIpc) is 2.83. The van der Waals surface area contributed by atoms with Crippen LogP contribution in [0.1, 0.15) is 26.3 Å². The predicted molar refractivity (Wildman–Crippen MR) is 107 cm³/mol. The van der Waals surface area contributed by atoms with E-state index in [0.717, 1.165) is 15.4 Å². The Morgan fingerprint density at radius 1 is 0.963 bits per heavy atom. The number of carbonyl (C=O) groups is 2. The van der Waals surface area contributed by atoms with Crippen molar-refractivity contribution in [3.05, 3.63) is 89.5 Å². The first-order chi connectivity index (χ1) is 13.1. The van der Waals surface area contributed by atoms with E-state index in [4.69, 9.17) is 0 Å². The first kappa shape index (κ1) is 17.4. The van der Waals surface area contributed by atoms with Crippen molar-refractivity contribution in [1.29, 1.82) is 0 Å². The van der Waals surface area contributed by atoms with E-state index in [1.54, 1.807) is 18.0 Å². The molecule has 0 atom stereocenters. The maximum Gasteiger partial charge on any atom is 0.256 e. The molecule has 0 aliphatic carbocycles. The summed E-state index contributed by atoms with van der Waals surface area (Å²) in [5.41, 5.74) is 2.94. The van der Waals surface area contributed by atoms with Crippen molar-refractivity contribution in [2.45, 2.75) is 16.3 Å². The number of rotatable bonds is 3. The van der Waals surface area contributed by atoms with Crippen LogP contribution in [0.2, 0.25) is 0 Å². The molecular weight excluding hydrogens is 356 g/mol. The predicted octanol–water partition coefficient (Wildman–Crippen LogP) is 4.68. The van der Waals surface area contributed by atoms with Gasteiger partial charge in [-0.15, -0.1) is 0 Å². The van der Waals surface area contributed by atoms with Crippen molar-refractivity contribution < 1.29 is 9.59 Å². The molecule has 0 radical (unpaired) electrons. The Kier molecular flexibility index (Phi) is 4.69. The van der Waals surface area contributed by atoms with Gasteiger partial charge in [-0.3, -0.25) is 9.59 Å². The van der Waals surface area contributed by atoms with Gasteiger partial charge in [-0.25, -0.2) is 0 Å². The highest BCUT2D eigenvalue weighted by molar-refractivity contribution is 7.99. The zero-order chi connectivity index (χ0) is 18.8. The van der Waals surface area contributed by atoms with Gasteiger partial charge in [0.2, 0.25) is 0 Å². The van der Waals surface area contributed by atoms with Crippen molar-refractivity contribution in [2.24, 2.45) is 0 Å². The van der Waals surface area contributed by atoms with E-state index in [1.807, 2.05) is 66.7 Å². The molecule has 4 nitrogen and oxygen atoms in total. The van der Waals surface area contributed by atoms with Crippen molar-refractivity contribution in [1.82, 2.24) is 4.90 Å². The summed E-state index contributed by atoms with van der Waals surface area (Å²) >= 11 is 1.53. The number of benzene rings is 3. The van der Waals surface area contributed by atoms with E-state index in [2.05, 4.69) is 5.32 Å². The lowest BCUT2D eigenvalue weighted by Gasteiger charge is -2.18. The Morgan fingerprint density at radius 3 is 2.52 bits per heavy atom. The summed E-state index contributed by atoms with van der Waals surface area (Å²) < 4.78 is 0. The van der Waals surface area contributed by atoms with Crippen LogP contribution >= 0.6 is 11.8 Å². The van der Waals surface area contributed by atoms with Crippen molar-refractivity contribution in [3.63, 3.8) is 0 Å². The fraction of sp³-hybridized carbons (Fsp3) is 0.0909. The molecule has 1 aliphatic heterocycles. The summed E-state index contributed by atoms with van der Waals surface area (Å²) in [6.45, 7) is 0.531. The number of amides is 2. The second-order valence-electron chi connectivity index (χ2n) is 6.41. The number of nitrogens with one attached hydrogen (secondary N) is 1. The summed E-state index contributed by atoms with van der Waals surface area (Å²) in [6.07, 6.45) is 0. The number of hydrogen-bond acceptors (Lipinski definition) is 3. The van der Waals surface area contributed by atoms with Gasteiger partial charge in [0.1, 0.15) is 0 Å². The second kappa shape index (κ2) is 7.29. The van der Waals surface area contributed by atoms with Crippen molar-refractivity contribution >= 4 is 29.3 Å². The van der Waals surface area contributed by atoms with Gasteiger partial charge in [0.05, 0.1) is 11.3 Å². The van der Waals surface area contributed by atoms with Crippen LogP contribution in [-0.4, -0.2) is 23.8 Å². The molecule has 1 N–H and O–H groups in total. The normalized spacial score (nSPS) is 12.4. The van der Waals surface area contributed by atoms with E-state index in [1.165, 1.54) is 11.8 Å². The standard InChI is InChI=1S/C22H18N2O2S/c1-24(14-15-7-3-2-4-8-15)22(26)16-11-12-20-18(13-16)23-21(25)17-9-5-6-10-19(17)27-20/h2-13H,14H2,1H3,(H,23,25). The zero-order valence-corrected chi connectivity index (χ0v) is 15.6. The van der Waals surface area contributed by atoms with Crippen LogP contribution in [0.3, 0.4) is 0 Å². The minimum absolute atomic E-state index is 0.0809. The topological polar surface area (TPSA) is 49.4 Å². The van der Waals surface area contributed by atoms with E-state index < -0.39 is 0 Å². The molecule has 0 aromatic heterocycles. The average molecular weight is 374 g/mol. The molecule has 0 unspecified atom stereocenters. The van der Waals surface area contributed by atoms with Crippen molar-refractivity contribution in [3.8, 4) is 0 Å². The molecule has 5 heteroatoms. The molecule has 134 valence electrons. The van der Waals surface area contributed by atoms with Crippen LogP contribution < -0.4 is 5.32 Å². The molecule has 0 fully saturated rings. The molecule has 0 bridgehead atoms. The van der Waals surface area contributed by atoms with Gasteiger partial charge in [-0.1, -0.05) is 54.2 Å². The lowest BCUT2D eigenvalue weighted by Crippen LogP contribution is -2.26. The summed E-state index contributed by atoms with van der Waals surface area (Å²) in [6, 6.07) is 22.8. The van der Waals surface area contributed by atoms with Gasteiger partial charge in [0.25, 0.3) is 11.8 Å². The third-order valence-electron chi connectivity index (χ3n) is 4.44. The Labute approximate surface area is 162 Å². The first-order valence-electron chi connectivity index (χ1n) is 8.63. The third kappa shape index (κ3) is 3.59. The molecule has 0 saturated carbocycles. The summed E-state index contributed by atoms with van der Waals surface area (Å²) in [4.78, 5) is 28.8. The summed E-state index contributed by atoms with van der Waals surface area (Å²) in [5, 5.41) is 2.93. The lowest BCUT2D eigenvalue weighted by molar-refractivity contribution is 0.0784. The number of hydrogen-bond donors (Lipinski definition) is 1. The monoisotopic (exact) mass is 374 g/mol. The van der Waals surface area contributed by atoms with Gasteiger partial charge in [-0.2, -0.15) is 0 Å². The van der Waals surface area contributed by atoms with Gasteiger partial charge in [0, 0.05) is 28.9 Å². The number of carbonyl (C=O) groups excluding carboxylic acids is 2. The quantitative estimate of drug-likeness (QED) is 0.724. The number of anilines is 1. The third-order valence-corrected chi connectivity index (χ3v) is 5.59. The highest BCUT2D eigenvalue weighted by atomic mass is 32.2. The van der Waals surface area contributed by atoms with Crippen molar-refractivity contribution in [2.75, 3.05) is 12.4 Å². The van der Waals surface area contributed by atoms with Gasteiger partial charge >= 0.3 is 0 Å². The van der Waals surface area contributed by atoms with Gasteiger partial charge in [0.15, 0.2) is 0 Å². The van der Waals surface area contributed by atoms with Crippen LogP contribution in [0.4, 0.5) is 5.69 Å². The van der Waals surface area contributed by atoms with Gasteiger partial charge < -0.3 is 10.2 Å². The molecule has 2 amide bonds. The minimum Gasteiger partial charge on any atom is -0.337 e. The van der Waals surface area contributed by atoms with E-state index in [9.17, 15) is 9.59 Å². The van der Waals surface area contributed by atoms with Gasteiger partial charge in [-0.05, 0) is 35.9 Å². The van der Waals surface area contributed by atoms with Crippen LogP contribution in [0, 0.1) is 0 Å². The molecule has 1 aliphatic rings. The molecule has 1 heterocycles. The highest BCUT2D eigenvalue weighted by Crippen LogP contribution is 2.39.